The van der Waals surface area contributed by atoms with Crippen LogP contribution in [-0.2, 0) is 27.6 Å². The maximum atomic E-state index is 15.0. The number of fused-ring (bicyclic) bond motifs is 1. The van der Waals surface area contributed by atoms with E-state index in [1.54, 1.807) is 0 Å². The van der Waals surface area contributed by atoms with Crippen molar-refractivity contribution >= 4 is 23.4 Å². The number of ketones is 1. The van der Waals surface area contributed by atoms with E-state index in [1.165, 1.54) is 12.1 Å². The van der Waals surface area contributed by atoms with Gasteiger partial charge in [-0.1, -0.05) is 17.7 Å². The summed E-state index contributed by atoms with van der Waals surface area (Å²) in [5, 5.41) is -0.466. The van der Waals surface area contributed by atoms with Gasteiger partial charge < -0.3 is 15.2 Å². The molecule has 12 heteroatoms. The van der Waals surface area contributed by atoms with Crippen LogP contribution < -0.4 is 5.73 Å². The zero-order valence-electron chi connectivity index (χ0n) is 17.5. The van der Waals surface area contributed by atoms with E-state index < -0.39 is 52.6 Å². The molecule has 3 atom stereocenters. The number of hydrogen-bond acceptors (Lipinski definition) is 6. The van der Waals surface area contributed by atoms with Crippen molar-refractivity contribution in [1.82, 2.24) is 4.98 Å². The molecule has 34 heavy (non-hydrogen) atoms. The summed E-state index contributed by atoms with van der Waals surface area (Å²) in [4.78, 5) is 20.4. The molecule has 0 saturated carbocycles. The molecule has 0 aliphatic carbocycles. The highest BCUT2D eigenvalue weighted by Crippen LogP contribution is 2.44. The van der Waals surface area contributed by atoms with Gasteiger partial charge in [0.2, 0.25) is 0 Å². The number of Topliss-reactive ketones (excluding diaryl/α,β-unsaturated/α-hetero) is 1. The van der Waals surface area contributed by atoms with Crippen molar-refractivity contribution in [3.05, 3.63) is 63.7 Å². The van der Waals surface area contributed by atoms with Crippen molar-refractivity contribution < 1.29 is 36.2 Å². The number of nitrogens with two attached hydrogens (primary N) is 1. The van der Waals surface area contributed by atoms with Gasteiger partial charge >= 0.3 is 6.18 Å². The second kappa shape index (κ2) is 9.10. The number of aromatic nitrogens is 1. The van der Waals surface area contributed by atoms with Crippen LogP contribution in [0.2, 0.25) is 5.02 Å². The van der Waals surface area contributed by atoms with Gasteiger partial charge in [-0.05, 0) is 23.8 Å². The largest absolute Gasteiger partial charge is 0.462 e. The molecule has 1 saturated heterocycles. The fourth-order valence-corrected chi connectivity index (χ4v) is 4.58. The highest BCUT2D eigenvalue weighted by molar-refractivity contribution is 6.33. The topological polar surface area (TPSA) is 86.8 Å². The molecule has 2 aliphatic rings. The maximum Gasteiger partial charge on any atom is 0.417 e. The first kappa shape index (κ1) is 24.3. The SMILES string of the molecule is NC1=N[C@](CF)(c2cc(CC(=O)c3ncc(C(F)(F)F)cc3Cl)ccc2F)[C@H]2COCC[C@H]2O1. The third kappa shape index (κ3) is 4.46. The molecule has 1 aromatic carbocycles. The molecule has 2 aromatic rings. The molecular weight excluding hydrogens is 485 g/mol. The minimum absolute atomic E-state index is 0.0685. The summed E-state index contributed by atoms with van der Waals surface area (Å²) in [6.45, 7) is -0.657. The molecule has 182 valence electrons. The molecular formula is C22H19ClF5N3O3. The number of amidine groups is 1. The number of hydrogen-bond donors (Lipinski definition) is 1. The Hall–Kier alpha value is -2.79. The average Bonchev–Trinajstić information content (AvgIpc) is 2.79. The zero-order valence-corrected chi connectivity index (χ0v) is 18.3. The number of ether oxygens (including phenoxy) is 2. The van der Waals surface area contributed by atoms with E-state index in [4.69, 9.17) is 26.8 Å². The van der Waals surface area contributed by atoms with Crippen LogP contribution in [0.4, 0.5) is 22.0 Å². The van der Waals surface area contributed by atoms with E-state index in [1.807, 2.05) is 0 Å². The van der Waals surface area contributed by atoms with E-state index in [9.17, 15) is 26.7 Å². The van der Waals surface area contributed by atoms with Gasteiger partial charge in [-0.3, -0.25) is 9.78 Å². The van der Waals surface area contributed by atoms with E-state index in [0.29, 0.717) is 25.3 Å². The standard InChI is InChI=1S/C22H19ClF5N3O3/c23-15-7-12(22(26,27)28)8-30-19(15)17(32)6-11-1-2-16(25)13(5-11)21(10-24)14-9-33-4-3-18(14)34-20(29)31-21/h1-2,5,7-8,14,18H,3-4,6,9-10H2,(H2,29,31)/t14-,18+,21+/m0/s1. The number of pyridine rings is 1. The minimum atomic E-state index is -4.67. The lowest BCUT2D eigenvalue weighted by atomic mass is 9.74. The Balaban J connectivity index is 1.67. The molecule has 2 aliphatic heterocycles. The molecule has 0 unspecified atom stereocenters. The zero-order chi connectivity index (χ0) is 24.7. The lowest BCUT2D eigenvalue weighted by Gasteiger charge is -2.45. The molecule has 1 fully saturated rings. The van der Waals surface area contributed by atoms with E-state index in [-0.39, 0.29) is 35.9 Å². The van der Waals surface area contributed by atoms with E-state index >= 15 is 0 Å². The van der Waals surface area contributed by atoms with E-state index in [0.717, 1.165) is 6.07 Å². The number of benzene rings is 1. The monoisotopic (exact) mass is 503 g/mol. The van der Waals surface area contributed by atoms with Crippen LogP contribution in [-0.4, -0.2) is 42.8 Å². The van der Waals surface area contributed by atoms with Crippen molar-refractivity contribution in [3.8, 4) is 0 Å². The summed E-state index contributed by atoms with van der Waals surface area (Å²) in [6.07, 6.45) is -4.64. The van der Waals surface area contributed by atoms with Crippen molar-refractivity contribution in [1.29, 1.82) is 0 Å². The summed E-state index contributed by atoms with van der Waals surface area (Å²) in [7, 11) is 0. The predicted octanol–water partition coefficient (Wildman–Crippen LogP) is 4.23. The summed E-state index contributed by atoms with van der Waals surface area (Å²) < 4.78 is 79.0. The van der Waals surface area contributed by atoms with Gasteiger partial charge in [0.1, 0.15) is 29.8 Å². The fraction of sp³-hybridized carbons (Fsp3) is 0.409. The van der Waals surface area contributed by atoms with Gasteiger partial charge in [-0.15, -0.1) is 0 Å². The van der Waals surface area contributed by atoms with Crippen LogP contribution in [0, 0.1) is 11.7 Å². The Morgan fingerprint density at radius 2 is 2.06 bits per heavy atom. The Morgan fingerprint density at radius 1 is 1.29 bits per heavy atom. The third-order valence-electron chi connectivity index (χ3n) is 5.99. The van der Waals surface area contributed by atoms with Crippen LogP contribution in [0.5, 0.6) is 0 Å². The molecule has 1 aromatic heterocycles. The molecule has 4 rings (SSSR count). The second-order valence-electron chi connectivity index (χ2n) is 8.10. The minimum Gasteiger partial charge on any atom is -0.462 e. The van der Waals surface area contributed by atoms with Gasteiger partial charge in [0.15, 0.2) is 5.78 Å². The Morgan fingerprint density at radius 3 is 2.74 bits per heavy atom. The van der Waals surface area contributed by atoms with Crippen molar-refractivity contribution in [2.75, 3.05) is 19.9 Å². The first-order chi connectivity index (χ1) is 16.0. The van der Waals surface area contributed by atoms with Crippen LogP contribution in [0.25, 0.3) is 0 Å². The van der Waals surface area contributed by atoms with Crippen molar-refractivity contribution in [2.45, 2.75) is 30.7 Å². The third-order valence-corrected chi connectivity index (χ3v) is 6.27. The smallest absolute Gasteiger partial charge is 0.417 e. The Kier molecular flexibility index (Phi) is 6.52. The first-order valence-electron chi connectivity index (χ1n) is 10.3. The van der Waals surface area contributed by atoms with Gasteiger partial charge in [0, 0.05) is 24.6 Å². The van der Waals surface area contributed by atoms with E-state index in [2.05, 4.69) is 9.98 Å². The first-order valence-corrected chi connectivity index (χ1v) is 10.6. The Bertz CT molecular complexity index is 1140. The predicted molar refractivity (Wildman–Crippen MR) is 112 cm³/mol. The Labute approximate surface area is 195 Å². The molecule has 0 amide bonds. The number of alkyl halides is 4. The summed E-state index contributed by atoms with van der Waals surface area (Å²) >= 11 is 5.86. The summed E-state index contributed by atoms with van der Waals surface area (Å²) in [6, 6.07) is 4.00. The van der Waals surface area contributed by atoms with Gasteiger partial charge in [-0.25, -0.2) is 13.8 Å². The quantitative estimate of drug-likeness (QED) is 0.487. The number of nitrogens with zero attached hydrogens (tertiary/aromatic N) is 2. The number of rotatable bonds is 5. The highest BCUT2D eigenvalue weighted by Gasteiger charge is 2.52. The van der Waals surface area contributed by atoms with Crippen LogP contribution in [0.15, 0.2) is 35.5 Å². The maximum absolute atomic E-state index is 15.0. The second-order valence-corrected chi connectivity index (χ2v) is 8.51. The molecule has 2 N–H and O–H groups in total. The molecule has 0 spiro atoms. The number of aliphatic imine (C=N–C) groups is 1. The highest BCUT2D eigenvalue weighted by atomic mass is 35.5. The number of carbonyl (C=O) groups is 1. The lowest BCUT2D eigenvalue weighted by molar-refractivity contribution is -0.137. The summed E-state index contributed by atoms with van der Waals surface area (Å²) in [5.41, 5.74) is 2.73. The van der Waals surface area contributed by atoms with Gasteiger partial charge in [0.05, 0.1) is 29.7 Å². The van der Waals surface area contributed by atoms with Crippen LogP contribution >= 0.6 is 11.6 Å². The lowest BCUT2D eigenvalue weighted by Crippen LogP contribution is -2.54. The van der Waals surface area contributed by atoms with Crippen LogP contribution in [0.3, 0.4) is 0 Å². The molecule has 0 bridgehead atoms. The number of halogens is 6. The molecule has 3 heterocycles. The van der Waals surface area contributed by atoms with Crippen molar-refractivity contribution in [3.63, 3.8) is 0 Å². The number of carbonyl (C=O) groups excluding carboxylic acids is 1. The average molecular weight is 504 g/mol. The van der Waals surface area contributed by atoms with Crippen LogP contribution in [0.1, 0.15) is 33.6 Å². The van der Waals surface area contributed by atoms with Gasteiger partial charge in [0.25, 0.3) is 6.02 Å². The summed E-state index contributed by atoms with van der Waals surface area (Å²) in [5.74, 6) is -2.12. The fourth-order valence-electron chi connectivity index (χ4n) is 4.31. The normalized spacial score (nSPS) is 24.7. The molecule has 0 radical (unpaired) electrons. The van der Waals surface area contributed by atoms with Crippen molar-refractivity contribution in [2.24, 2.45) is 16.6 Å². The van der Waals surface area contributed by atoms with Gasteiger partial charge in [-0.2, -0.15) is 13.2 Å². The molecule has 6 nitrogen and oxygen atoms in total.